The maximum atomic E-state index is 12.2. The normalized spacial score (nSPS) is 22.5. The quantitative estimate of drug-likeness (QED) is 0.764. The maximum Gasteiger partial charge on any atom is 0.322 e. The Kier molecular flexibility index (Phi) is 4.39. The van der Waals surface area contributed by atoms with Crippen LogP contribution in [0.4, 0.5) is 4.79 Å². The minimum Gasteiger partial charge on any atom is -0.340 e. The summed E-state index contributed by atoms with van der Waals surface area (Å²) < 4.78 is 0. The Bertz CT molecular complexity index is 567. The van der Waals surface area contributed by atoms with Crippen LogP contribution in [-0.4, -0.2) is 59.9 Å². The van der Waals surface area contributed by atoms with Gasteiger partial charge in [0.15, 0.2) is 0 Å². The lowest BCUT2D eigenvalue weighted by atomic mass is 10.1. The molecule has 22 heavy (non-hydrogen) atoms. The molecule has 3 rings (SSSR count). The van der Waals surface area contributed by atoms with Crippen LogP contribution in [-0.2, 0) is 16.1 Å². The zero-order chi connectivity index (χ0) is 15.5. The summed E-state index contributed by atoms with van der Waals surface area (Å²) in [5, 5.41) is 8.80. The zero-order valence-corrected chi connectivity index (χ0v) is 12.9. The molecule has 8 heteroatoms. The van der Waals surface area contributed by atoms with Gasteiger partial charge >= 0.3 is 6.03 Å². The van der Waals surface area contributed by atoms with Crippen LogP contribution in [0.3, 0.4) is 0 Å². The number of urea groups is 1. The van der Waals surface area contributed by atoms with Gasteiger partial charge in [-0.3, -0.25) is 19.8 Å². The molecule has 2 saturated heterocycles. The first-order valence-corrected chi connectivity index (χ1v) is 8.18. The van der Waals surface area contributed by atoms with E-state index in [0.717, 1.165) is 19.6 Å². The van der Waals surface area contributed by atoms with Gasteiger partial charge in [-0.05, 0) is 22.4 Å². The minimum absolute atomic E-state index is 0.0299. The first-order chi connectivity index (χ1) is 10.6. The Morgan fingerprint density at radius 3 is 2.64 bits per heavy atom. The number of hydrogen-bond acceptors (Lipinski definition) is 5. The molecule has 0 saturated carbocycles. The second-order valence-electron chi connectivity index (χ2n) is 5.51. The number of amides is 4. The van der Waals surface area contributed by atoms with Gasteiger partial charge in [0.2, 0.25) is 5.91 Å². The molecular weight excluding hydrogens is 304 g/mol. The molecule has 2 fully saturated rings. The van der Waals surface area contributed by atoms with Gasteiger partial charge in [-0.15, -0.1) is 0 Å². The number of rotatable bonds is 4. The third kappa shape index (κ3) is 3.45. The van der Waals surface area contributed by atoms with Gasteiger partial charge < -0.3 is 10.2 Å². The number of carbonyl (C=O) groups excluding carboxylic acids is 3. The van der Waals surface area contributed by atoms with E-state index >= 15 is 0 Å². The fraction of sp³-hybridized carbons (Fsp3) is 0.500. The lowest BCUT2D eigenvalue weighted by Gasteiger charge is -2.35. The molecule has 4 amide bonds. The molecule has 2 aliphatic rings. The van der Waals surface area contributed by atoms with Crippen LogP contribution in [0.15, 0.2) is 16.8 Å². The molecule has 1 aromatic rings. The lowest BCUT2D eigenvalue weighted by Crippen LogP contribution is -2.49. The number of nitrogens with zero attached hydrogens (tertiary/aromatic N) is 2. The van der Waals surface area contributed by atoms with Crippen molar-refractivity contribution in [1.82, 2.24) is 20.4 Å². The number of carbonyl (C=O) groups is 3. The summed E-state index contributed by atoms with van der Waals surface area (Å²) in [7, 11) is 0. The van der Waals surface area contributed by atoms with E-state index in [9.17, 15) is 14.4 Å². The second kappa shape index (κ2) is 6.45. The zero-order valence-electron chi connectivity index (χ0n) is 12.1. The Hall–Kier alpha value is -1.93. The maximum absolute atomic E-state index is 12.2. The monoisotopic (exact) mass is 322 g/mol. The van der Waals surface area contributed by atoms with Crippen LogP contribution in [0.25, 0.3) is 0 Å². The van der Waals surface area contributed by atoms with Crippen LogP contribution in [0.2, 0.25) is 0 Å². The highest BCUT2D eigenvalue weighted by atomic mass is 32.1. The molecule has 0 radical (unpaired) electrons. The summed E-state index contributed by atoms with van der Waals surface area (Å²) in [5.41, 5.74) is 1.30. The largest absolute Gasteiger partial charge is 0.340 e. The molecular formula is C14H18N4O3S. The Morgan fingerprint density at radius 2 is 2.05 bits per heavy atom. The average molecular weight is 322 g/mol. The van der Waals surface area contributed by atoms with Crippen molar-refractivity contribution >= 4 is 29.2 Å². The number of hydrogen-bond donors (Lipinski definition) is 2. The van der Waals surface area contributed by atoms with Gasteiger partial charge in [0.05, 0.1) is 6.42 Å². The van der Waals surface area contributed by atoms with E-state index in [1.165, 1.54) is 5.56 Å². The van der Waals surface area contributed by atoms with Crippen molar-refractivity contribution in [2.24, 2.45) is 0 Å². The Balaban J connectivity index is 1.45. The minimum atomic E-state index is -0.733. The van der Waals surface area contributed by atoms with Gasteiger partial charge in [0, 0.05) is 32.7 Å². The molecule has 0 aromatic carbocycles. The van der Waals surface area contributed by atoms with E-state index in [2.05, 4.69) is 32.4 Å². The molecule has 1 unspecified atom stereocenters. The SMILES string of the molecule is O=C1NC(=O)C(CC(=O)N2CCN(Cc3ccsc3)CC2)N1. The fourth-order valence-corrected chi connectivity index (χ4v) is 3.36. The molecule has 0 aliphatic carbocycles. The van der Waals surface area contributed by atoms with Crippen LogP contribution < -0.4 is 10.6 Å². The summed E-state index contributed by atoms with van der Waals surface area (Å²) in [6.45, 7) is 3.87. The van der Waals surface area contributed by atoms with Gasteiger partial charge in [-0.2, -0.15) is 11.3 Å². The van der Waals surface area contributed by atoms with Crippen molar-refractivity contribution in [3.8, 4) is 0 Å². The van der Waals surface area contributed by atoms with Crippen LogP contribution >= 0.6 is 11.3 Å². The predicted molar refractivity (Wildman–Crippen MR) is 81.3 cm³/mol. The van der Waals surface area contributed by atoms with E-state index < -0.39 is 18.0 Å². The summed E-state index contributed by atoms with van der Waals surface area (Å²) in [4.78, 5) is 38.8. The smallest absolute Gasteiger partial charge is 0.322 e. The molecule has 2 aliphatic heterocycles. The third-order valence-corrected chi connectivity index (χ3v) is 4.68. The molecule has 3 heterocycles. The molecule has 0 spiro atoms. The fourth-order valence-electron chi connectivity index (χ4n) is 2.70. The predicted octanol–water partition coefficient (Wildman–Crippen LogP) is -0.00960. The average Bonchev–Trinajstić information content (AvgIpc) is 3.10. The van der Waals surface area contributed by atoms with Crippen LogP contribution in [0.1, 0.15) is 12.0 Å². The Labute approximate surface area is 132 Å². The van der Waals surface area contributed by atoms with E-state index in [1.54, 1.807) is 16.2 Å². The van der Waals surface area contributed by atoms with E-state index in [1.807, 2.05) is 0 Å². The van der Waals surface area contributed by atoms with Crippen molar-refractivity contribution in [3.63, 3.8) is 0 Å². The number of imide groups is 1. The van der Waals surface area contributed by atoms with Crippen molar-refractivity contribution < 1.29 is 14.4 Å². The van der Waals surface area contributed by atoms with E-state index in [-0.39, 0.29) is 12.3 Å². The first kappa shape index (κ1) is 15.0. The van der Waals surface area contributed by atoms with Gasteiger partial charge in [-0.1, -0.05) is 0 Å². The molecule has 1 aromatic heterocycles. The summed E-state index contributed by atoms with van der Waals surface area (Å²) in [6.07, 6.45) is 0.0299. The number of piperazine rings is 1. The standard InChI is InChI=1S/C14H18N4O3S/c19-12(7-11-13(20)16-14(21)15-11)18-4-2-17(3-5-18)8-10-1-6-22-9-10/h1,6,9,11H,2-5,7-8H2,(H2,15,16,20,21). The molecule has 1 atom stereocenters. The van der Waals surface area contributed by atoms with Crippen molar-refractivity contribution in [3.05, 3.63) is 22.4 Å². The second-order valence-corrected chi connectivity index (χ2v) is 6.29. The third-order valence-electron chi connectivity index (χ3n) is 3.95. The molecule has 0 bridgehead atoms. The topological polar surface area (TPSA) is 81.8 Å². The number of thiophene rings is 1. The van der Waals surface area contributed by atoms with Gasteiger partial charge in [0.1, 0.15) is 6.04 Å². The van der Waals surface area contributed by atoms with Gasteiger partial charge in [0.25, 0.3) is 5.91 Å². The summed E-state index contributed by atoms with van der Waals surface area (Å²) in [5.74, 6) is -0.507. The van der Waals surface area contributed by atoms with Crippen molar-refractivity contribution in [2.75, 3.05) is 26.2 Å². The highest BCUT2D eigenvalue weighted by Gasteiger charge is 2.33. The first-order valence-electron chi connectivity index (χ1n) is 7.24. The van der Waals surface area contributed by atoms with E-state index in [0.29, 0.717) is 13.1 Å². The lowest BCUT2D eigenvalue weighted by molar-refractivity contribution is -0.135. The van der Waals surface area contributed by atoms with Crippen molar-refractivity contribution in [2.45, 2.75) is 19.0 Å². The summed E-state index contributed by atoms with van der Waals surface area (Å²) >= 11 is 1.69. The summed E-state index contributed by atoms with van der Waals surface area (Å²) in [6, 6.07) is 0.857. The van der Waals surface area contributed by atoms with Gasteiger partial charge in [-0.25, -0.2) is 4.79 Å². The molecule has 2 N–H and O–H groups in total. The van der Waals surface area contributed by atoms with Crippen LogP contribution in [0, 0.1) is 0 Å². The number of nitrogens with one attached hydrogen (secondary N) is 2. The van der Waals surface area contributed by atoms with Crippen LogP contribution in [0.5, 0.6) is 0 Å². The molecule has 118 valence electrons. The van der Waals surface area contributed by atoms with Crippen molar-refractivity contribution in [1.29, 1.82) is 0 Å². The molecule has 7 nitrogen and oxygen atoms in total. The highest BCUT2D eigenvalue weighted by Crippen LogP contribution is 2.12. The van der Waals surface area contributed by atoms with E-state index in [4.69, 9.17) is 0 Å². The highest BCUT2D eigenvalue weighted by molar-refractivity contribution is 7.07. The Morgan fingerprint density at radius 1 is 1.27 bits per heavy atom.